The van der Waals surface area contributed by atoms with Crippen molar-refractivity contribution in [2.75, 3.05) is 52.5 Å². The number of guanidine groups is 1. The molecule has 1 aliphatic rings. The Labute approximate surface area is 190 Å². The van der Waals surface area contributed by atoms with Gasteiger partial charge in [0.15, 0.2) is 5.96 Å². The van der Waals surface area contributed by atoms with Crippen LogP contribution in [0.1, 0.15) is 23.4 Å². The minimum absolute atomic E-state index is 0.787. The number of aromatic nitrogens is 1. The fourth-order valence-corrected chi connectivity index (χ4v) is 4.21. The summed E-state index contributed by atoms with van der Waals surface area (Å²) in [5, 5.41) is 8.30. The molecule has 1 fully saturated rings. The number of nitrogens with zero attached hydrogens (tertiary/aromatic N) is 2. The van der Waals surface area contributed by atoms with Crippen molar-refractivity contribution in [3.63, 3.8) is 0 Å². The van der Waals surface area contributed by atoms with E-state index in [4.69, 9.17) is 14.1 Å². The van der Waals surface area contributed by atoms with Crippen LogP contribution in [0.25, 0.3) is 10.9 Å². The van der Waals surface area contributed by atoms with Crippen molar-refractivity contribution in [2.45, 2.75) is 26.2 Å². The number of hydrogen-bond acceptors (Lipinski definition) is 4. The van der Waals surface area contributed by atoms with Gasteiger partial charge in [-0.15, -0.1) is 0 Å². The summed E-state index contributed by atoms with van der Waals surface area (Å²) in [5.41, 5.74) is 3.81. The first-order chi connectivity index (χ1) is 15.8. The molecule has 7 nitrogen and oxygen atoms in total. The fourth-order valence-electron chi connectivity index (χ4n) is 4.21. The van der Waals surface area contributed by atoms with Gasteiger partial charge in [0.05, 0.1) is 19.5 Å². The van der Waals surface area contributed by atoms with Crippen LogP contribution in [0.2, 0.25) is 0 Å². The average Bonchev–Trinajstić information content (AvgIpc) is 3.44. The first-order valence-electron chi connectivity index (χ1n) is 11.7. The minimum atomic E-state index is 0.787. The number of aryl methyl sites for hydroxylation is 1. The van der Waals surface area contributed by atoms with Crippen LogP contribution in [0.3, 0.4) is 0 Å². The summed E-state index contributed by atoms with van der Waals surface area (Å²) >= 11 is 0. The number of fused-ring (bicyclic) bond motifs is 1. The van der Waals surface area contributed by atoms with Crippen molar-refractivity contribution in [1.29, 1.82) is 0 Å². The second kappa shape index (κ2) is 11.7. The third kappa shape index (κ3) is 6.37. The molecular weight excluding hydrogens is 402 g/mol. The number of H-pyrrole nitrogens is 1. The van der Waals surface area contributed by atoms with E-state index >= 15 is 0 Å². The summed E-state index contributed by atoms with van der Waals surface area (Å²) in [7, 11) is 0. The van der Waals surface area contributed by atoms with Gasteiger partial charge >= 0.3 is 0 Å². The molecule has 7 heteroatoms. The highest BCUT2D eigenvalue weighted by molar-refractivity contribution is 5.84. The predicted octanol–water partition coefficient (Wildman–Crippen LogP) is 3.11. The molecule has 2 aromatic heterocycles. The van der Waals surface area contributed by atoms with Crippen molar-refractivity contribution >= 4 is 16.9 Å². The van der Waals surface area contributed by atoms with Gasteiger partial charge < -0.3 is 24.8 Å². The molecule has 1 aromatic carbocycles. The van der Waals surface area contributed by atoms with Crippen molar-refractivity contribution in [3.8, 4) is 0 Å². The molecule has 0 unspecified atom stereocenters. The van der Waals surface area contributed by atoms with Crippen LogP contribution >= 0.6 is 0 Å². The summed E-state index contributed by atoms with van der Waals surface area (Å²) in [6.07, 6.45) is 4.55. The molecule has 4 rings (SSSR count). The Balaban J connectivity index is 1.29. The Kier molecular flexibility index (Phi) is 8.23. The number of ether oxygens (including phenoxy) is 1. The van der Waals surface area contributed by atoms with E-state index in [2.05, 4.69) is 51.7 Å². The zero-order chi connectivity index (χ0) is 22.0. The number of furan rings is 1. The molecule has 0 atom stereocenters. The minimum Gasteiger partial charge on any atom is -0.469 e. The lowest BCUT2D eigenvalue weighted by Gasteiger charge is -2.26. The monoisotopic (exact) mass is 437 g/mol. The second-order valence-corrected chi connectivity index (χ2v) is 8.24. The molecule has 32 heavy (non-hydrogen) atoms. The quantitative estimate of drug-likeness (QED) is 0.258. The molecule has 1 saturated heterocycles. The molecular formula is C25H35N5O2. The zero-order valence-corrected chi connectivity index (χ0v) is 19.0. The van der Waals surface area contributed by atoms with Gasteiger partial charge in [-0.2, -0.15) is 0 Å². The van der Waals surface area contributed by atoms with Crippen LogP contribution < -0.4 is 10.6 Å². The van der Waals surface area contributed by atoms with Gasteiger partial charge in [0.2, 0.25) is 0 Å². The molecule has 172 valence electrons. The number of hydrogen-bond donors (Lipinski definition) is 3. The Morgan fingerprint density at radius 2 is 1.88 bits per heavy atom. The maximum atomic E-state index is 5.45. The Bertz CT molecular complexity index is 974. The number of para-hydroxylation sites is 1. The number of nitrogens with one attached hydrogen (secondary N) is 3. The third-order valence-electron chi connectivity index (χ3n) is 5.94. The lowest BCUT2D eigenvalue weighted by Crippen LogP contribution is -2.40. The lowest BCUT2D eigenvalue weighted by molar-refractivity contribution is 0.0377. The number of aromatic amines is 1. The van der Waals surface area contributed by atoms with E-state index in [1.807, 2.05) is 12.1 Å². The molecule has 0 aliphatic carbocycles. The topological polar surface area (TPSA) is 77.8 Å². The number of benzene rings is 1. The molecule has 3 heterocycles. The highest BCUT2D eigenvalue weighted by atomic mass is 16.5. The van der Waals surface area contributed by atoms with E-state index < -0.39 is 0 Å². The second-order valence-electron chi connectivity index (χ2n) is 8.24. The van der Waals surface area contributed by atoms with E-state index in [1.165, 1.54) is 22.2 Å². The van der Waals surface area contributed by atoms with E-state index in [0.717, 1.165) is 83.5 Å². The summed E-state index contributed by atoms with van der Waals surface area (Å²) in [5.74, 6) is 1.86. The van der Waals surface area contributed by atoms with Crippen LogP contribution in [0.15, 0.2) is 52.1 Å². The number of morpholine rings is 1. The highest BCUT2D eigenvalue weighted by Crippen LogP contribution is 2.21. The Morgan fingerprint density at radius 1 is 1.06 bits per heavy atom. The SMILES string of the molecule is Cc1[nH]c2ccccc2c1CCNC(=NCCCN1CCOCC1)NCCc1ccco1. The van der Waals surface area contributed by atoms with Crippen LogP contribution in [0.4, 0.5) is 0 Å². The van der Waals surface area contributed by atoms with Gasteiger partial charge in [0, 0.05) is 62.3 Å². The summed E-state index contributed by atoms with van der Waals surface area (Å²) in [6, 6.07) is 12.4. The maximum absolute atomic E-state index is 5.45. The van der Waals surface area contributed by atoms with Gasteiger partial charge in [0.25, 0.3) is 0 Å². The van der Waals surface area contributed by atoms with E-state index in [-0.39, 0.29) is 0 Å². The van der Waals surface area contributed by atoms with E-state index in [1.54, 1.807) is 6.26 Å². The molecule has 0 bridgehead atoms. The van der Waals surface area contributed by atoms with Crippen molar-refractivity contribution < 1.29 is 9.15 Å². The molecule has 0 saturated carbocycles. The summed E-state index contributed by atoms with van der Waals surface area (Å²) in [4.78, 5) is 10.8. The van der Waals surface area contributed by atoms with E-state index in [0.29, 0.717) is 0 Å². The number of aliphatic imine (C=N–C) groups is 1. The van der Waals surface area contributed by atoms with Crippen molar-refractivity contribution in [3.05, 3.63) is 59.7 Å². The molecule has 0 amide bonds. The standard InChI is InChI=1S/C25H35N5O2/c1-20-22(23-7-2-3-8-24(23)29-20)10-13-28-25(27-12-9-21-6-4-17-32-21)26-11-5-14-30-15-18-31-19-16-30/h2-4,6-8,17,29H,5,9-16,18-19H2,1H3,(H2,26,27,28). The smallest absolute Gasteiger partial charge is 0.191 e. The molecule has 3 N–H and O–H groups in total. The first-order valence-corrected chi connectivity index (χ1v) is 11.7. The van der Waals surface area contributed by atoms with Gasteiger partial charge in [0.1, 0.15) is 5.76 Å². The van der Waals surface area contributed by atoms with E-state index in [9.17, 15) is 0 Å². The molecule has 0 radical (unpaired) electrons. The Morgan fingerprint density at radius 3 is 2.69 bits per heavy atom. The van der Waals surface area contributed by atoms with Crippen LogP contribution in [0, 0.1) is 6.92 Å². The van der Waals surface area contributed by atoms with Gasteiger partial charge in [-0.3, -0.25) is 9.89 Å². The van der Waals surface area contributed by atoms with Crippen molar-refractivity contribution in [2.24, 2.45) is 4.99 Å². The normalized spacial score (nSPS) is 15.3. The number of rotatable bonds is 10. The van der Waals surface area contributed by atoms with Crippen molar-refractivity contribution in [1.82, 2.24) is 20.5 Å². The van der Waals surface area contributed by atoms with Crippen LogP contribution in [-0.2, 0) is 17.6 Å². The highest BCUT2D eigenvalue weighted by Gasteiger charge is 2.10. The predicted molar refractivity (Wildman–Crippen MR) is 129 cm³/mol. The first kappa shape index (κ1) is 22.4. The summed E-state index contributed by atoms with van der Waals surface area (Å²) < 4.78 is 10.9. The molecule has 1 aliphatic heterocycles. The molecule has 0 spiro atoms. The maximum Gasteiger partial charge on any atom is 0.191 e. The lowest BCUT2D eigenvalue weighted by atomic mass is 10.1. The fraction of sp³-hybridized carbons (Fsp3) is 0.480. The van der Waals surface area contributed by atoms with Gasteiger partial charge in [-0.05, 0) is 43.5 Å². The van der Waals surface area contributed by atoms with Crippen LogP contribution in [0.5, 0.6) is 0 Å². The van der Waals surface area contributed by atoms with Crippen LogP contribution in [-0.4, -0.2) is 68.3 Å². The summed E-state index contributed by atoms with van der Waals surface area (Å²) in [6.45, 7) is 9.39. The van der Waals surface area contributed by atoms with Gasteiger partial charge in [-0.25, -0.2) is 0 Å². The third-order valence-corrected chi connectivity index (χ3v) is 5.94. The van der Waals surface area contributed by atoms with Gasteiger partial charge in [-0.1, -0.05) is 18.2 Å². The average molecular weight is 438 g/mol. The molecule has 3 aromatic rings. The zero-order valence-electron chi connectivity index (χ0n) is 19.0. The Hall–Kier alpha value is -2.77. The largest absolute Gasteiger partial charge is 0.469 e.